The van der Waals surface area contributed by atoms with Crippen molar-refractivity contribution in [3.05, 3.63) is 56.5 Å². The minimum atomic E-state index is -0.999. The zero-order valence-electron chi connectivity index (χ0n) is 10.4. The highest BCUT2D eigenvalue weighted by molar-refractivity contribution is 9.10. The Bertz CT molecular complexity index is 776. The van der Waals surface area contributed by atoms with E-state index in [4.69, 9.17) is 10.3 Å². The van der Waals surface area contributed by atoms with E-state index in [2.05, 4.69) is 26.1 Å². The fourth-order valence-electron chi connectivity index (χ4n) is 1.76. The van der Waals surface area contributed by atoms with Gasteiger partial charge in [-0.2, -0.15) is 4.98 Å². The van der Waals surface area contributed by atoms with Crippen molar-refractivity contribution in [1.82, 2.24) is 10.1 Å². The van der Waals surface area contributed by atoms with Crippen molar-refractivity contribution in [3.63, 3.8) is 0 Å². The number of halogens is 3. The second-order valence-electron chi connectivity index (χ2n) is 4.17. The van der Waals surface area contributed by atoms with Crippen LogP contribution < -0.4 is 5.73 Å². The van der Waals surface area contributed by atoms with Gasteiger partial charge in [-0.1, -0.05) is 11.2 Å². The first-order valence-corrected chi connectivity index (χ1v) is 7.51. The minimum absolute atomic E-state index is 0.0560. The molecule has 2 aromatic heterocycles. The lowest BCUT2D eigenvalue weighted by Gasteiger charge is -2.02. The lowest BCUT2D eigenvalue weighted by atomic mass is 10.2. The van der Waals surface area contributed by atoms with Gasteiger partial charge in [-0.25, -0.2) is 8.78 Å². The zero-order chi connectivity index (χ0) is 15.0. The molecule has 1 atom stereocenters. The molecule has 0 aliphatic rings. The van der Waals surface area contributed by atoms with Crippen LogP contribution in [0.25, 0.3) is 11.4 Å². The molecule has 4 nitrogen and oxygen atoms in total. The van der Waals surface area contributed by atoms with E-state index in [-0.39, 0.29) is 16.2 Å². The number of nitrogens with zero attached hydrogens (tertiary/aromatic N) is 2. The summed E-state index contributed by atoms with van der Waals surface area (Å²) in [6.07, 6.45) is 0. The van der Waals surface area contributed by atoms with E-state index in [0.29, 0.717) is 5.56 Å². The van der Waals surface area contributed by atoms with Gasteiger partial charge in [-0.15, -0.1) is 11.3 Å². The monoisotopic (exact) mass is 371 g/mol. The number of aromatic nitrogens is 2. The molecule has 108 valence electrons. The maximum atomic E-state index is 13.5. The molecule has 0 saturated carbocycles. The molecular formula is C13H8BrF2N3OS. The molecule has 0 saturated heterocycles. The summed E-state index contributed by atoms with van der Waals surface area (Å²) in [4.78, 5) is 5.02. The first-order chi connectivity index (χ1) is 10.1. The second-order valence-corrected chi connectivity index (χ2v) is 5.94. The Balaban J connectivity index is 1.97. The molecule has 0 fully saturated rings. The molecule has 8 heteroatoms. The minimum Gasteiger partial charge on any atom is -0.337 e. The van der Waals surface area contributed by atoms with Crippen LogP contribution in [0.3, 0.4) is 0 Å². The van der Waals surface area contributed by atoms with Crippen molar-refractivity contribution < 1.29 is 13.3 Å². The molecule has 0 spiro atoms. The molecule has 0 aliphatic carbocycles. The van der Waals surface area contributed by atoms with E-state index in [1.54, 1.807) is 0 Å². The quantitative estimate of drug-likeness (QED) is 0.709. The average Bonchev–Trinajstić information content (AvgIpc) is 3.15. The Kier molecular flexibility index (Phi) is 3.83. The molecule has 1 aromatic carbocycles. The van der Waals surface area contributed by atoms with Gasteiger partial charge in [-0.05, 0) is 39.5 Å². The molecule has 1 unspecified atom stereocenters. The van der Waals surface area contributed by atoms with E-state index in [1.165, 1.54) is 17.4 Å². The van der Waals surface area contributed by atoms with Crippen LogP contribution in [0.5, 0.6) is 0 Å². The summed E-state index contributed by atoms with van der Waals surface area (Å²) in [7, 11) is 0. The molecule has 2 heterocycles. The van der Waals surface area contributed by atoms with Crippen LogP contribution in [0, 0.1) is 11.6 Å². The number of hydrogen-bond acceptors (Lipinski definition) is 5. The summed E-state index contributed by atoms with van der Waals surface area (Å²) in [6, 6.07) is 5.55. The Labute approximate surface area is 130 Å². The zero-order valence-corrected chi connectivity index (χ0v) is 12.8. The van der Waals surface area contributed by atoms with Gasteiger partial charge >= 0.3 is 0 Å². The van der Waals surface area contributed by atoms with Gasteiger partial charge in [0.1, 0.15) is 6.04 Å². The second kappa shape index (κ2) is 5.63. The third-order valence-electron chi connectivity index (χ3n) is 2.83. The molecule has 0 bridgehead atoms. The molecule has 0 aliphatic heterocycles. The molecule has 0 amide bonds. The van der Waals surface area contributed by atoms with Crippen LogP contribution in [0.1, 0.15) is 16.8 Å². The van der Waals surface area contributed by atoms with Gasteiger partial charge in [0.15, 0.2) is 11.6 Å². The van der Waals surface area contributed by atoms with Gasteiger partial charge < -0.3 is 10.3 Å². The lowest BCUT2D eigenvalue weighted by Crippen LogP contribution is -2.10. The maximum Gasteiger partial charge on any atom is 0.249 e. The highest BCUT2D eigenvalue weighted by Gasteiger charge is 2.21. The molecule has 0 radical (unpaired) electrons. The fraction of sp³-hybridized carbons (Fsp3) is 0.0769. The summed E-state index contributed by atoms with van der Waals surface area (Å²) in [5.41, 5.74) is 6.31. The van der Waals surface area contributed by atoms with E-state index in [0.717, 1.165) is 10.9 Å². The predicted octanol–water partition coefficient (Wildman–Crippen LogP) is 3.89. The highest BCUT2D eigenvalue weighted by Crippen LogP contribution is 2.31. The Morgan fingerprint density at radius 3 is 2.81 bits per heavy atom. The lowest BCUT2D eigenvalue weighted by molar-refractivity contribution is 0.368. The third-order valence-corrected chi connectivity index (χ3v) is 4.56. The number of benzene rings is 1. The standard InChI is InChI=1S/C13H8BrF2N3OS/c14-9-6(3-4-7(15)10(9)16)12-18-13(20-19-12)11(17)8-2-1-5-21-8/h1-5,11H,17H2. The van der Waals surface area contributed by atoms with E-state index >= 15 is 0 Å². The van der Waals surface area contributed by atoms with Gasteiger partial charge in [-0.3, -0.25) is 0 Å². The first-order valence-electron chi connectivity index (χ1n) is 5.84. The predicted molar refractivity (Wildman–Crippen MR) is 77.7 cm³/mol. The van der Waals surface area contributed by atoms with E-state index < -0.39 is 17.7 Å². The molecular weight excluding hydrogens is 364 g/mol. The van der Waals surface area contributed by atoms with E-state index in [1.807, 2.05) is 17.5 Å². The molecule has 2 N–H and O–H groups in total. The first kappa shape index (κ1) is 14.3. The summed E-state index contributed by atoms with van der Waals surface area (Å²) >= 11 is 4.45. The molecule has 21 heavy (non-hydrogen) atoms. The van der Waals surface area contributed by atoms with Crippen molar-refractivity contribution in [2.24, 2.45) is 5.73 Å². The third kappa shape index (κ3) is 2.61. The summed E-state index contributed by atoms with van der Waals surface area (Å²) < 4.78 is 31.7. The van der Waals surface area contributed by atoms with Crippen molar-refractivity contribution in [2.75, 3.05) is 0 Å². The van der Waals surface area contributed by atoms with Crippen molar-refractivity contribution in [2.45, 2.75) is 6.04 Å². The van der Waals surface area contributed by atoms with Gasteiger partial charge in [0, 0.05) is 10.4 Å². The Hall–Kier alpha value is -1.64. The number of thiophene rings is 1. The van der Waals surface area contributed by atoms with Gasteiger partial charge in [0.25, 0.3) is 0 Å². The number of hydrogen-bond donors (Lipinski definition) is 1. The maximum absolute atomic E-state index is 13.5. The van der Waals surface area contributed by atoms with Crippen LogP contribution in [0.15, 0.2) is 38.6 Å². The van der Waals surface area contributed by atoms with Gasteiger partial charge in [0.2, 0.25) is 11.7 Å². The molecule has 3 aromatic rings. The average molecular weight is 372 g/mol. The Morgan fingerprint density at radius 1 is 1.29 bits per heavy atom. The van der Waals surface area contributed by atoms with Gasteiger partial charge in [0.05, 0.1) is 4.47 Å². The summed E-state index contributed by atoms with van der Waals surface area (Å²) in [5, 5.41) is 5.66. The van der Waals surface area contributed by atoms with Crippen LogP contribution in [0.4, 0.5) is 8.78 Å². The SMILES string of the molecule is NC(c1nc(-c2ccc(F)c(F)c2Br)no1)c1cccs1. The van der Waals surface area contributed by atoms with Crippen molar-refractivity contribution in [1.29, 1.82) is 0 Å². The Morgan fingerprint density at radius 2 is 2.10 bits per heavy atom. The van der Waals surface area contributed by atoms with Crippen LogP contribution in [0.2, 0.25) is 0 Å². The van der Waals surface area contributed by atoms with Crippen LogP contribution >= 0.6 is 27.3 Å². The largest absolute Gasteiger partial charge is 0.337 e. The molecule has 3 rings (SSSR count). The number of rotatable bonds is 3. The van der Waals surface area contributed by atoms with Crippen molar-refractivity contribution in [3.8, 4) is 11.4 Å². The summed E-state index contributed by atoms with van der Waals surface area (Å²) in [5.74, 6) is -1.60. The smallest absolute Gasteiger partial charge is 0.249 e. The van der Waals surface area contributed by atoms with Crippen molar-refractivity contribution >= 4 is 27.3 Å². The number of nitrogens with two attached hydrogens (primary N) is 1. The normalized spacial score (nSPS) is 12.6. The fourth-order valence-corrected chi connectivity index (χ4v) is 2.98. The van der Waals surface area contributed by atoms with E-state index in [9.17, 15) is 8.78 Å². The topological polar surface area (TPSA) is 64.9 Å². The van der Waals surface area contributed by atoms with Crippen LogP contribution in [-0.4, -0.2) is 10.1 Å². The highest BCUT2D eigenvalue weighted by atomic mass is 79.9. The van der Waals surface area contributed by atoms with Crippen LogP contribution in [-0.2, 0) is 0 Å². The summed E-state index contributed by atoms with van der Waals surface area (Å²) in [6.45, 7) is 0.